The lowest BCUT2D eigenvalue weighted by atomic mass is 10.0. The first kappa shape index (κ1) is 9.91. The first-order chi connectivity index (χ1) is 7.18. The van der Waals surface area contributed by atoms with E-state index in [0.29, 0.717) is 11.1 Å². The molecule has 0 aliphatic heterocycles. The maximum absolute atomic E-state index is 13.4. The van der Waals surface area contributed by atoms with Crippen LogP contribution in [0.3, 0.4) is 0 Å². The molecule has 0 fully saturated rings. The number of aryl methyl sites for hydroxylation is 2. The molecule has 15 heavy (non-hydrogen) atoms. The van der Waals surface area contributed by atoms with Crippen molar-refractivity contribution in [1.82, 2.24) is 0 Å². The minimum absolute atomic E-state index is 0.116. The molecule has 0 heterocycles. The van der Waals surface area contributed by atoms with E-state index in [2.05, 4.69) is 6.07 Å². The van der Waals surface area contributed by atoms with Crippen LogP contribution in [-0.2, 0) is 0 Å². The molecule has 1 radical (unpaired) electrons. The second-order valence-corrected chi connectivity index (χ2v) is 3.70. The molecule has 0 aliphatic carbocycles. The van der Waals surface area contributed by atoms with Gasteiger partial charge in [-0.05, 0) is 54.3 Å². The lowest BCUT2D eigenvalue weighted by Crippen LogP contribution is -1.89. The highest BCUT2D eigenvalue weighted by Crippen LogP contribution is 2.23. The first-order valence-electron chi connectivity index (χ1n) is 4.92. The number of rotatable bonds is 1. The van der Waals surface area contributed by atoms with Gasteiger partial charge in [0.1, 0.15) is 5.82 Å². The van der Waals surface area contributed by atoms with Crippen LogP contribution in [0.5, 0.6) is 0 Å². The average Bonchev–Trinajstić information content (AvgIpc) is 2.26. The summed E-state index contributed by atoms with van der Waals surface area (Å²) in [5.74, 6) is -0.116. The molecule has 0 aliphatic rings. The average molecular weight is 199 g/mol. The molecule has 75 valence electrons. The van der Waals surface area contributed by atoms with E-state index < -0.39 is 0 Å². The smallest absolute Gasteiger partial charge is 0.129 e. The van der Waals surface area contributed by atoms with E-state index in [4.69, 9.17) is 0 Å². The maximum atomic E-state index is 13.4. The van der Waals surface area contributed by atoms with Gasteiger partial charge in [-0.15, -0.1) is 0 Å². The van der Waals surface area contributed by atoms with Gasteiger partial charge in [-0.2, -0.15) is 0 Å². The lowest BCUT2D eigenvalue weighted by molar-refractivity contribution is 0.609. The molecule has 2 aromatic rings. The largest absolute Gasteiger partial charge is 0.206 e. The van der Waals surface area contributed by atoms with Crippen molar-refractivity contribution in [1.29, 1.82) is 0 Å². The van der Waals surface area contributed by atoms with Crippen molar-refractivity contribution in [2.75, 3.05) is 0 Å². The zero-order valence-electron chi connectivity index (χ0n) is 8.84. The first-order valence-corrected chi connectivity index (χ1v) is 4.92. The van der Waals surface area contributed by atoms with Crippen molar-refractivity contribution in [3.8, 4) is 11.1 Å². The second-order valence-electron chi connectivity index (χ2n) is 3.70. The Kier molecular flexibility index (Phi) is 2.55. The molecule has 0 saturated carbocycles. The van der Waals surface area contributed by atoms with Crippen molar-refractivity contribution in [3.63, 3.8) is 0 Å². The van der Waals surface area contributed by atoms with Gasteiger partial charge in [0, 0.05) is 0 Å². The van der Waals surface area contributed by atoms with Crippen molar-refractivity contribution in [2.24, 2.45) is 0 Å². The molecule has 0 nitrogen and oxygen atoms in total. The summed E-state index contributed by atoms with van der Waals surface area (Å²) >= 11 is 0. The normalized spacial score (nSPS) is 10.3. The summed E-state index contributed by atoms with van der Waals surface area (Å²) in [6, 6.07) is 14.6. The van der Waals surface area contributed by atoms with E-state index in [0.717, 1.165) is 11.1 Å². The Hall–Kier alpha value is -1.63. The molecule has 0 amide bonds. The minimum Gasteiger partial charge on any atom is -0.206 e. The summed E-state index contributed by atoms with van der Waals surface area (Å²) in [4.78, 5) is 0. The van der Waals surface area contributed by atoms with Gasteiger partial charge in [-0.1, -0.05) is 24.3 Å². The Morgan fingerprint density at radius 2 is 1.73 bits per heavy atom. The molecule has 2 aromatic carbocycles. The van der Waals surface area contributed by atoms with Crippen LogP contribution in [0, 0.1) is 25.7 Å². The summed E-state index contributed by atoms with van der Waals surface area (Å²) in [5.41, 5.74) is 3.39. The van der Waals surface area contributed by atoms with Crippen LogP contribution in [0.4, 0.5) is 4.39 Å². The third-order valence-corrected chi connectivity index (χ3v) is 2.46. The van der Waals surface area contributed by atoms with Gasteiger partial charge in [0.2, 0.25) is 0 Å². The lowest BCUT2D eigenvalue weighted by Gasteiger charge is -2.06. The van der Waals surface area contributed by atoms with E-state index in [1.807, 2.05) is 36.4 Å². The molecule has 0 aromatic heterocycles. The number of hydrogen-bond donors (Lipinski definition) is 0. The van der Waals surface area contributed by atoms with Crippen LogP contribution in [0.2, 0.25) is 0 Å². The quantitative estimate of drug-likeness (QED) is 0.653. The molecule has 0 unspecified atom stereocenters. The van der Waals surface area contributed by atoms with Crippen molar-refractivity contribution < 1.29 is 4.39 Å². The van der Waals surface area contributed by atoms with E-state index in [-0.39, 0.29) is 5.82 Å². The minimum atomic E-state index is -0.116. The summed E-state index contributed by atoms with van der Waals surface area (Å²) in [7, 11) is 0. The zero-order chi connectivity index (χ0) is 10.8. The van der Waals surface area contributed by atoms with Crippen LogP contribution >= 0.6 is 0 Å². The fraction of sp³-hybridized carbons (Fsp3) is 0.143. The predicted molar refractivity (Wildman–Crippen MR) is 60.1 cm³/mol. The highest BCUT2D eigenvalue weighted by atomic mass is 19.1. The monoisotopic (exact) mass is 199 g/mol. The summed E-state index contributed by atoms with van der Waals surface area (Å²) < 4.78 is 13.4. The molecule has 0 bridgehead atoms. The molecule has 0 spiro atoms. The van der Waals surface area contributed by atoms with Gasteiger partial charge in [-0.25, -0.2) is 4.39 Å². The van der Waals surface area contributed by atoms with Gasteiger partial charge in [0.25, 0.3) is 0 Å². The van der Waals surface area contributed by atoms with Gasteiger partial charge in [0.15, 0.2) is 0 Å². The molecular weight excluding hydrogens is 187 g/mol. The third kappa shape index (κ3) is 1.91. The van der Waals surface area contributed by atoms with E-state index >= 15 is 0 Å². The molecule has 1 heteroatoms. The Morgan fingerprint density at radius 3 is 2.27 bits per heavy atom. The molecule has 0 saturated heterocycles. The third-order valence-electron chi connectivity index (χ3n) is 2.46. The van der Waals surface area contributed by atoms with Gasteiger partial charge in [-0.3, -0.25) is 0 Å². The summed E-state index contributed by atoms with van der Waals surface area (Å²) in [5, 5.41) is 0. The standard InChI is InChI=1S/C14H12F/c1-10-8-13(9-11(2)14(10)15)12-6-4-3-5-7-12/h3-6,8-9H,1-2H3. The maximum Gasteiger partial charge on any atom is 0.129 e. The van der Waals surface area contributed by atoms with Crippen molar-refractivity contribution >= 4 is 0 Å². The van der Waals surface area contributed by atoms with E-state index in [1.54, 1.807) is 13.8 Å². The van der Waals surface area contributed by atoms with Crippen LogP contribution in [0.1, 0.15) is 11.1 Å². The van der Waals surface area contributed by atoms with Crippen molar-refractivity contribution in [3.05, 3.63) is 59.4 Å². The van der Waals surface area contributed by atoms with Gasteiger partial charge < -0.3 is 0 Å². The molecule has 0 atom stereocenters. The number of hydrogen-bond acceptors (Lipinski definition) is 0. The Balaban J connectivity index is 2.56. The highest BCUT2D eigenvalue weighted by molar-refractivity contribution is 5.64. The molecule has 0 N–H and O–H groups in total. The second kappa shape index (κ2) is 3.85. The topological polar surface area (TPSA) is 0 Å². The summed E-state index contributed by atoms with van der Waals surface area (Å²) in [6.45, 7) is 3.57. The fourth-order valence-electron chi connectivity index (χ4n) is 1.67. The Labute approximate surface area is 89.4 Å². The Bertz CT molecular complexity index is 449. The summed E-state index contributed by atoms with van der Waals surface area (Å²) in [6.07, 6.45) is 0. The van der Waals surface area contributed by atoms with Crippen LogP contribution in [0.15, 0.2) is 36.4 Å². The van der Waals surface area contributed by atoms with E-state index in [1.165, 1.54) is 0 Å². The molecular formula is C14H12F. The number of benzene rings is 2. The van der Waals surface area contributed by atoms with Crippen LogP contribution < -0.4 is 0 Å². The van der Waals surface area contributed by atoms with Gasteiger partial charge >= 0.3 is 0 Å². The van der Waals surface area contributed by atoms with Crippen LogP contribution in [-0.4, -0.2) is 0 Å². The molecule has 2 rings (SSSR count). The SMILES string of the molecule is Cc1cc(-c2[c]cccc2)cc(C)c1F. The zero-order valence-corrected chi connectivity index (χ0v) is 8.84. The van der Waals surface area contributed by atoms with Crippen LogP contribution in [0.25, 0.3) is 11.1 Å². The van der Waals surface area contributed by atoms with Crippen molar-refractivity contribution in [2.45, 2.75) is 13.8 Å². The highest BCUT2D eigenvalue weighted by Gasteiger charge is 2.05. The Morgan fingerprint density at radius 1 is 1.07 bits per heavy atom. The van der Waals surface area contributed by atoms with E-state index in [9.17, 15) is 4.39 Å². The number of halogens is 1. The van der Waals surface area contributed by atoms with Gasteiger partial charge in [0.05, 0.1) is 0 Å². The fourth-order valence-corrected chi connectivity index (χ4v) is 1.67. The predicted octanol–water partition coefficient (Wildman–Crippen LogP) is 3.91.